The second-order valence-corrected chi connectivity index (χ2v) is 19.9. The van der Waals surface area contributed by atoms with Gasteiger partial charge in [-0.05, 0) is 78.6 Å². The van der Waals surface area contributed by atoms with Crippen molar-refractivity contribution in [2.75, 3.05) is 60.5 Å². The topological polar surface area (TPSA) is 220 Å². The van der Waals surface area contributed by atoms with E-state index < -0.39 is 95.1 Å². The number of carbonyl (C=O) groups excluding carboxylic acids is 4. The fourth-order valence-electron chi connectivity index (χ4n) is 10.0. The number of nitrogens with zero attached hydrogens (tertiary/aromatic N) is 2. The van der Waals surface area contributed by atoms with Crippen molar-refractivity contribution >= 4 is 23.6 Å². The van der Waals surface area contributed by atoms with E-state index in [1.807, 2.05) is 14.1 Å². The molecule has 0 aromatic rings. The first-order valence-corrected chi connectivity index (χ1v) is 23.9. The zero-order valence-corrected chi connectivity index (χ0v) is 41.6. The number of methoxy groups -OCH3 is 1. The standard InChI is InChI=1S/C49H82N6O11/c1-30(2)28-55-23-20-48(50-10,21-24-55)53-49(19-14-25-56)44-36(8)51-45(61)32(4)16-13-15-31(3)41(59)34(6)42(60)35(7)43(65-40(58)27-39(57)52-37-17-22-54(11)29-37)33(5)38(63-12)18-26-64-47(9,66-44)46(49)62/h13,15-16,18,26,30-31,33-35,37-38,41-43,50,53,56,59-60H,14,17,19-25,27-29H2,1-12H3,(H,51,61)(H,52,57)/b15-13+,26-18+,32-16-,44-36?/t31-,33+,34+,35+,37?,38-,41-,42+,43+,47-,49?/m0/s1. The maximum Gasteiger partial charge on any atom is 0.315 e. The van der Waals surface area contributed by atoms with Crippen LogP contribution in [0.4, 0.5) is 0 Å². The molecular weight excluding hydrogens is 849 g/mol. The molecule has 4 heterocycles. The Balaban J connectivity index is 1.79. The largest absolute Gasteiger partial charge is 0.461 e. The number of ketones is 1. The van der Waals surface area contributed by atoms with Gasteiger partial charge in [0.2, 0.25) is 11.7 Å². The Hall–Kier alpha value is -3.68. The summed E-state index contributed by atoms with van der Waals surface area (Å²) >= 11 is 0. The highest BCUT2D eigenvalue weighted by atomic mass is 16.7. The number of aliphatic hydroxyl groups is 3. The Bertz CT molecular complexity index is 1800. The number of esters is 1. The second kappa shape index (κ2) is 24.0. The van der Waals surface area contributed by atoms with Gasteiger partial charge in [-0.2, -0.15) is 0 Å². The quantitative estimate of drug-likeness (QED) is 0.0803. The first-order chi connectivity index (χ1) is 31.0. The average molecular weight is 931 g/mol. The summed E-state index contributed by atoms with van der Waals surface area (Å²) in [6.45, 7) is 20.0. The van der Waals surface area contributed by atoms with Gasteiger partial charge in [-0.15, -0.1) is 0 Å². The Kier molecular flexibility index (Phi) is 20.0. The van der Waals surface area contributed by atoms with Crippen LogP contribution in [0.15, 0.2) is 47.6 Å². The van der Waals surface area contributed by atoms with Crippen molar-refractivity contribution in [3.8, 4) is 0 Å². The average Bonchev–Trinajstić information content (AvgIpc) is 3.78. The molecule has 4 rings (SSSR count). The van der Waals surface area contributed by atoms with Gasteiger partial charge in [-0.1, -0.05) is 59.8 Å². The number of ether oxygens (including phenoxy) is 4. The summed E-state index contributed by atoms with van der Waals surface area (Å²) in [6, 6.07) is -0.0809. The Morgan fingerprint density at radius 1 is 1.02 bits per heavy atom. The van der Waals surface area contributed by atoms with E-state index in [9.17, 15) is 29.7 Å². The lowest BCUT2D eigenvalue weighted by Crippen LogP contribution is -2.70. The highest BCUT2D eigenvalue weighted by molar-refractivity contribution is 6.00. The molecular formula is C49H82N6O11. The predicted octanol–water partition coefficient (Wildman–Crippen LogP) is 2.87. The van der Waals surface area contributed by atoms with Gasteiger partial charge in [-0.25, -0.2) is 0 Å². The van der Waals surface area contributed by atoms with Gasteiger partial charge in [-0.3, -0.25) is 24.5 Å². The van der Waals surface area contributed by atoms with Gasteiger partial charge in [0.15, 0.2) is 0 Å². The van der Waals surface area contributed by atoms with Gasteiger partial charge in [0, 0.05) is 82.1 Å². The monoisotopic (exact) mass is 931 g/mol. The number of piperidine rings is 1. The van der Waals surface area contributed by atoms with E-state index in [4.69, 9.17) is 18.9 Å². The number of fused-ring (bicyclic) bond motifs is 2. The molecule has 17 heteroatoms. The van der Waals surface area contributed by atoms with E-state index in [-0.39, 0.29) is 36.9 Å². The summed E-state index contributed by atoms with van der Waals surface area (Å²) < 4.78 is 25.0. The number of aliphatic hydroxyl groups excluding tert-OH is 3. The summed E-state index contributed by atoms with van der Waals surface area (Å²) in [7, 11) is 5.28. The molecule has 11 atom stereocenters. The van der Waals surface area contributed by atoms with E-state index in [2.05, 4.69) is 44.9 Å². The first kappa shape index (κ1) is 54.9. The van der Waals surface area contributed by atoms with Crippen LogP contribution in [0.5, 0.6) is 0 Å². The summed E-state index contributed by atoms with van der Waals surface area (Å²) in [5.41, 5.74) is -1.69. The Morgan fingerprint density at radius 3 is 2.29 bits per heavy atom. The molecule has 17 nitrogen and oxygen atoms in total. The minimum Gasteiger partial charge on any atom is -0.461 e. The van der Waals surface area contributed by atoms with Crippen LogP contribution in [0, 0.1) is 29.6 Å². The Labute approximate surface area is 393 Å². The molecule has 2 unspecified atom stereocenters. The van der Waals surface area contributed by atoms with E-state index >= 15 is 4.79 Å². The third kappa shape index (κ3) is 13.5. The summed E-state index contributed by atoms with van der Waals surface area (Å²) in [6.07, 6.45) is 5.68. The predicted molar refractivity (Wildman–Crippen MR) is 251 cm³/mol. The molecule has 0 radical (unpaired) electrons. The fourth-order valence-corrected chi connectivity index (χ4v) is 10.0. The fraction of sp³-hybridized carbons (Fsp3) is 0.755. The SMILES string of the molecule is CNC1(NC2(CCCO)C(=O)[C@@]3(C)O/C=C/[C@H](OC)[C@@H](C)[C@@H](OC(=O)CC(=O)NC4CCN(C)C4)[C@H](C)[C@H](O)[C@H](C)[C@@H](O)[C@@H](C)/C=C/C=C(/C)C(=O)NC(C)=C2O3)CCN(CC(C)C)CC1. The molecule has 0 spiro atoms. The number of hydrogen-bond donors (Lipinski definition) is 7. The molecule has 3 fully saturated rings. The molecule has 66 heavy (non-hydrogen) atoms. The van der Waals surface area contributed by atoms with Crippen molar-refractivity contribution in [1.82, 2.24) is 31.1 Å². The number of carbonyl (C=O) groups is 4. The molecule has 2 amide bonds. The van der Waals surface area contributed by atoms with Crippen LogP contribution in [0.3, 0.4) is 0 Å². The lowest BCUT2D eigenvalue weighted by molar-refractivity contribution is -0.171. The summed E-state index contributed by atoms with van der Waals surface area (Å²) in [5, 5.41) is 46.6. The lowest BCUT2D eigenvalue weighted by atomic mass is 9.78. The number of nitrogens with one attached hydrogen (secondary N) is 4. The molecule has 4 aliphatic heterocycles. The van der Waals surface area contributed by atoms with Crippen molar-refractivity contribution < 1.29 is 53.4 Å². The number of likely N-dealkylation sites (N-methyl/N-ethyl adjacent to an activating group) is 1. The molecule has 0 aliphatic carbocycles. The second-order valence-electron chi connectivity index (χ2n) is 19.9. The van der Waals surface area contributed by atoms with Crippen LogP contribution < -0.4 is 21.3 Å². The number of rotatable bonds is 13. The van der Waals surface area contributed by atoms with Gasteiger partial charge in [0.25, 0.3) is 5.91 Å². The minimum absolute atomic E-state index is 0.0809. The molecule has 4 aliphatic rings. The number of allylic oxidation sites excluding steroid dienone is 3. The third-order valence-corrected chi connectivity index (χ3v) is 14.1. The van der Waals surface area contributed by atoms with E-state index in [0.717, 1.165) is 32.6 Å². The maximum atomic E-state index is 15.3. The Morgan fingerprint density at radius 2 is 1.70 bits per heavy atom. The molecule has 3 saturated heterocycles. The zero-order chi connectivity index (χ0) is 49.1. The normalized spacial score (nSPS) is 36.1. The molecule has 0 aromatic heterocycles. The molecule has 374 valence electrons. The van der Waals surface area contributed by atoms with Crippen LogP contribution >= 0.6 is 0 Å². The van der Waals surface area contributed by atoms with Crippen LogP contribution in [-0.2, 0) is 38.1 Å². The first-order valence-electron chi connectivity index (χ1n) is 23.9. The van der Waals surface area contributed by atoms with Gasteiger partial charge in [0.05, 0.1) is 35.9 Å². The van der Waals surface area contributed by atoms with Crippen molar-refractivity contribution in [3.05, 3.63) is 47.6 Å². The van der Waals surface area contributed by atoms with Crippen LogP contribution in [0.2, 0.25) is 0 Å². The van der Waals surface area contributed by atoms with Crippen molar-refractivity contribution in [3.63, 3.8) is 0 Å². The van der Waals surface area contributed by atoms with Crippen LogP contribution in [0.1, 0.15) is 101 Å². The lowest BCUT2D eigenvalue weighted by Gasteiger charge is -2.47. The highest BCUT2D eigenvalue weighted by Crippen LogP contribution is 2.45. The number of Topliss-reactive ketones (excluding diaryl/α,β-unsaturated/α-hetero) is 1. The van der Waals surface area contributed by atoms with Gasteiger partial charge >= 0.3 is 11.8 Å². The third-order valence-electron chi connectivity index (χ3n) is 14.1. The maximum absolute atomic E-state index is 15.3. The summed E-state index contributed by atoms with van der Waals surface area (Å²) in [4.78, 5) is 60.1. The van der Waals surface area contributed by atoms with Gasteiger partial charge in [0.1, 0.15) is 23.8 Å². The van der Waals surface area contributed by atoms with Crippen LogP contribution in [0.25, 0.3) is 0 Å². The van der Waals surface area contributed by atoms with E-state index in [1.54, 1.807) is 65.8 Å². The van der Waals surface area contributed by atoms with Crippen molar-refractivity contribution in [2.45, 2.75) is 148 Å². The number of hydrogen-bond acceptors (Lipinski definition) is 15. The van der Waals surface area contributed by atoms with Crippen molar-refractivity contribution in [1.29, 1.82) is 0 Å². The van der Waals surface area contributed by atoms with E-state index in [0.29, 0.717) is 30.9 Å². The highest BCUT2D eigenvalue weighted by Gasteiger charge is 2.64. The number of likely N-dealkylation sites (tertiary alicyclic amines) is 2. The minimum atomic E-state index is -1.94. The summed E-state index contributed by atoms with van der Waals surface area (Å²) in [5.74, 6) is -6.10. The van der Waals surface area contributed by atoms with E-state index in [1.165, 1.54) is 20.3 Å². The molecule has 2 bridgehead atoms. The van der Waals surface area contributed by atoms with Crippen LogP contribution in [-0.4, -0.2) is 157 Å². The molecule has 7 N–H and O–H groups in total. The number of amides is 2. The zero-order valence-electron chi connectivity index (χ0n) is 41.6. The smallest absolute Gasteiger partial charge is 0.315 e. The van der Waals surface area contributed by atoms with Gasteiger partial charge < -0.3 is 60.0 Å². The molecule has 0 aromatic carbocycles. The molecule has 0 saturated carbocycles. The van der Waals surface area contributed by atoms with Crippen molar-refractivity contribution in [2.24, 2.45) is 29.6 Å².